The second-order valence-electron chi connectivity index (χ2n) is 4.53. The molecule has 0 aliphatic carbocycles. The summed E-state index contributed by atoms with van der Waals surface area (Å²) in [5.74, 6) is 1.71. The fraction of sp³-hybridized carbons (Fsp3) is 0.429. The van der Waals surface area contributed by atoms with Crippen molar-refractivity contribution < 1.29 is 19.3 Å². The van der Waals surface area contributed by atoms with Gasteiger partial charge in [0.25, 0.3) is 0 Å². The normalized spacial score (nSPS) is 19.4. The number of benzene rings is 1. The lowest BCUT2D eigenvalue weighted by atomic mass is 10.1. The molecule has 0 radical (unpaired) electrons. The SMILES string of the molecule is OC(C1=CCCO1)c1cc(Cl)c2c(c1)OCCCO2. The van der Waals surface area contributed by atoms with E-state index in [2.05, 4.69) is 0 Å². The molecule has 4 nitrogen and oxygen atoms in total. The van der Waals surface area contributed by atoms with E-state index in [1.54, 1.807) is 12.1 Å². The van der Waals surface area contributed by atoms with E-state index in [9.17, 15) is 5.11 Å². The highest BCUT2D eigenvalue weighted by Crippen LogP contribution is 2.40. The van der Waals surface area contributed by atoms with E-state index in [-0.39, 0.29) is 0 Å². The molecule has 1 aromatic carbocycles. The number of halogens is 1. The van der Waals surface area contributed by atoms with Crippen LogP contribution >= 0.6 is 11.6 Å². The fourth-order valence-corrected chi connectivity index (χ4v) is 2.47. The molecule has 19 heavy (non-hydrogen) atoms. The summed E-state index contributed by atoms with van der Waals surface area (Å²) in [6.07, 6.45) is 2.72. The third-order valence-electron chi connectivity index (χ3n) is 3.14. The smallest absolute Gasteiger partial charge is 0.179 e. The maximum absolute atomic E-state index is 10.3. The first-order valence-electron chi connectivity index (χ1n) is 6.35. The van der Waals surface area contributed by atoms with Gasteiger partial charge in [-0.25, -0.2) is 0 Å². The first-order chi connectivity index (χ1) is 9.25. The maximum Gasteiger partial charge on any atom is 0.179 e. The van der Waals surface area contributed by atoms with Crippen LogP contribution in [0.4, 0.5) is 0 Å². The van der Waals surface area contributed by atoms with Crippen LogP contribution in [-0.2, 0) is 4.74 Å². The van der Waals surface area contributed by atoms with E-state index >= 15 is 0 Å². The number of aliphatic hydroxyl groups excluding tert-OH is 1. The summed E-state index contributed by atoms with van der Waals surface area (Å²) in [6, 6.07) is 3.46. The molecular formula is C14H15ClO4. The number of hydrogen-bond acceptors (Lipinski definition) is 4. The van der Waals surface area contributed by atoms with Crippen molar-refractivity contribution >= 4 is 11.6 Å². The van der Waals surface area contributed by atoms with E-state index < -0.39 is 6.10 Å². The molecule has 102 valence electrons. The Morgan fingerprint density at radius 2 is 1.95 bits per heavy atom. The van der Waals surface area contributed by atoms with Crippen LogP contribution in [0.3, 0.4) is 0 Å². The van der Waals surface area contributed by atoms with E-state index in [1.165, 1.54) is 0 Å². The van der Waals surface area contributed by atoms with Gasteiger partial charge in [-0.1, -0.05) is 11.6 Å². The van der Waals surface area contributed by atoms with Crippen molar-refractivity contribution in [2.45, 2.75) is 18.9 Å². The summed E-state index contributed by atoms with van der Waals surface area (Å²) in [5.41, 5.74) is 0.655. The van der Waals surface area contributed by atoms with Crippen molar-refractivity contribution in [3.63, 3.8) is 0 Å². The van der Waals surface area contributed by atoms with E-state index in [4.69, 9.17) is 25.8 Å². The summed E-state index contributed by atoms with van der Waals surface area (Å²) < 4.78 is 16.5. The van der Waals surface area contributed by atoms with Crippen LogP contribution in [0.25, 0.3) is 0 Å². The average Bonchev–Trinajstić information content (AvgIpc) is 2.83. The van der Waals surface area contributed by atoms with E-state index in [0.29, 0.717) is 47.7 Å². The summed E-state index contributed by atoms with van der Waals surface area (Å²) in [6.45, 7) is 1.79. The van der Waals surface area contributed by atoms with Gasteiger partial charge in [0.05, 0.1) is 24.8 Å². The third kappa shape index (κ3) is 2.51. The summed E-state index contributed by atoms with van der Waals surface area (Å²) >= 11 is 6.19. The lowest BCUT2D eigenvalue weighted by molar-refractivity contribution is 0.118. The lowest BCUT2D eigenvalue weighted by Gasteiger charge is -2.16. The Morgan fingerprint density at radius 3 is 2.74 bits per heavy atom. The van der Waals surface area contributed by atoms with Gasteiger partial charge in [-0.15, -0.1) is 0 Å². The summed E-state index contributed by atoms with van der Waals surface area (Å²) in [5, 5.41) is 10.7. The minimum Gasteiger partial charge on any atom is -0.495 e. The van der Waals surface area contributed by atoms with Crippen molar-refractivity contribution in [2.24, 2.45) is 0 Å². The lowest BCUT2D eigenvalue weighted by Crippen LogP contribution is -2.03. The highest BCUT2D eigenvalue weighted by Gasteiger charge is 2.22. The second-order valence-corrected chi connectivity index (χ2v) is 4.93. The highest BCUT2D eigenvalue weighted by molar-refractivity contribution is 6.32. The Hall–Kier alpha value is -1.39. The summed E-state index contributed by atoms with van der Waals surface area (Å²) in [7, 11) is 0. The van der Waals surface area contributed by atoms with Gasteiger partial charge in [0.1, 0.15) is 11.9 Å². The molecule has 2 heterocycles. The molecule has 1 unspecified atom stereocenters. The Bertz CT molecular complexity index is 512. The number of ether oxygens (including phenoxy) is 3. The number of aliphatic hydroxyl groups is 1. The monoisotopic (exact) mass is 282 g/mol. The predicted molar refractivity (Wildman–Crippen MR) is 70.7 cm³/mol. The van der Waals surface area contributed by atoms with Gasteiger partial charge in [0.15, 0.2) is 11.5 Å². The average molecular weight is 283 g/mol. The topological polar surface area (TPSA) is 47.9 Å². The number of rotatable bonds is 2. The molecule has 0 amide bonds. The van der Waals surface area contributed by atoms with Crippen LogP contribution in [0, 0.1) is 0 Å². The summed E-state index contributed by atoms with van der Waals surface area (Å²) in [4.78, 5) is 0. The quantitative estimate of drug-likeness (QED) is 0.906. The zero-order valence-corrected chi connectivity index (χ0v) is 11.2. The molecule has 1 aromatic rings. The van der Waals surface area contributed by atoms with Crippen LogP contribution in [0.5, 0.6) is 11.5 Å². The van der Waals surface area contributed by atoms with Crippen molar-refractivity contribution in [3.8, 4) is 11.5 Å². The van der Waals surface area contributed by atoms with Crippen LogP contribution in [0.2, 0.25) is 5.02 Å². The van der Waals surface area contributed by atoms with Gasteiger partial charge in [0, 0.05) is 12.8 Å². The number of hydrogen-bond donors (Lipinski definition) is 1. The molecule has 0 aromatic heterocycles. The molecule has 0 saturated heterocycles. The van der Waals surface area contributed by atoms with Gasteiger partial charge >= 0.3 is 0 Å². The third-order valence-corrected chi connectivity index (χ3v) is 3.42. The minimum atomic E-state index is -0.808. The molecule has 0 spiro atoms. The molecular weight excluding hydrogens is 268 g/mol. The van der Waals surface area contributed by atoms with Crippen molar-refractivity contribution in [2.75, 3.05) is 19.8 Å². The Kier molecular flexibility index (Phi) is 3.53. The minimum absolute atomic E-state index is 0.451. The highest BCUT2D eigenvalue weighted by atomic mass is 35.5. The molecule has 5 heteroatoms. The number of fused-ring (bicyclic) bond motifs is 1. The van der Waals surface area contributed by atoms with Crippen molar-refractivity contribution in [1.29, 1.82) is 0 Å². The molecule has 0 bridgehead atoms. The van der Waals surface area contributed by atoms with E-state index in [0.717, 1.165) is 12.8 Å². The Balaban J connectivity index is 1.94. The second kappa shape index (κ2) is 5.31. The Labute approximate surface area is 116 Å². The molecule has 0 saturated carbocycles. The molecule has 3 rings (SSSR count). The molecule has 0 fully saturated rings. The van der Waals surface area contributed by atoms with Crippen LogP contribution in [0.15, 0.2) is 24.0 Å². The van der Waals surface area contributed by atoms with Crippen LogP contribution in [0.1, 0.15) is 24.5 Å². The van der Waals surface area contributed by atoms with Gasteiger partial charge in [-0.2, -0.15) is 0 Å². The molecule has 1 N–H and O–H groups in total. The van der Waals surface area contributed by atoms with Crippen LogP contribution in [-0.4, -0.2) is 24.9 Å². The van der Waals surface area contributed by atoms with E-state index in [1.807, 2.05) is 6.08 Å². The Morgan fingerprint density at radius 1 is 1.11 bits per heavy atom. The first-order valence-corrected chi connectivity index (χ1v) is 6.73. The molecule has 2 aliphatic rings. The zero-order chi connectivity index (χ0) is 13.2. The fourth-order valence-electron chi connectivity index (χ4n) is 2.20. The first kappa shape index (κ1) is 12.6. The van der Waals surface area contributed by atoms with Crippen LogP contribution < -0.4 is 9.47 Å². The van der Waals surface area contributed by atoms with Gasteiger partial charge in [-0.3, -0.25) is 0 Å². The largest absolute Gasteiger partial charge is 0.495 e. The standard InChI is InChI=1S/C14H15ClO4/c15-10-7-9(13(16)11-3-1-4-17-11)8-12-14(10)19-6-2-5-18-12/h3,7-8,13,16H,1-2,4-6H2. The van der Waals surface area contributed by atoms with Gasteiger partial charge in [-0.05, 0) is 23.8 Å². The van der Waals surface area contributed by atoms with Gasteiger partial charge in [0.2, 0.25) is 0 Å². The molecule has 1 atom stereocenters. The predicted octanol–water partition coefficient (Wildman–Crippen LogP) is 2.84. The van der Waals surface area contributed by atoms with Crippen molar-refractivity contribution in [3.05, 3.63) is 34.6 Å². The maximum atomic E-state index is 10.3. The zero-order valence-electron chi connectivity index (χ0n) is 10.4. The molecule has 2 aliphatic heterocycles. The van der Waals surface area contributed by atoms with Gasteiger partial charge < -0.3 is 19.3 Å². The van der Waals surface area contributed by atoms with Crippen molar-refractivity contribution in [1.82, 2.24) is 0 Å².